The van der Waals surface area contributed by atoms with E-state index in [1.807, 2.05) is 0 Å². The van der Waals surface area contributed by atoms with E-state index in [4.69, 9.17) is 0 Å². The fraction of sp³-hybridized carbons (Fsp3) is 0.400. The van der Waals surface area contributed by atoms with Crippen LogP contribution < -0.4 is 0 Å². The van der Waals surface area contributed by atoms with Crippen molar-refractivity contribution in [3.05, 3.63) is 71.3 Å². The molecule has 1 atom stereocenters. The Morgan fingerprint density at radius 3 is 2.57 bits per heavy atom. The highest BCUT2D eigenvalue weighted by atomic mass is 15.1. The summed E-state index contributed by atoms with van der Waals surface area (Å²) in [5.41, 5.74) is 4.58. The van der Waals surface area contributed by atoms with Gasteiger partial charge in [-0.25, -0.2) is 0 Å². The Morgan fingerprint density at radius 1 is 1.00 bits per heavy atom. The number of aryl methyl sites for hydroxylation is 1. The van der Waals surface area contributed by atoms with Gasteiger partial charge in [-0.05, 0) is 42.0 Å². The molecule has 1 nitrogen and oxygen atoms in total. The van der Waals surface area contributed by atoms with Crippen LogP contribution in [-0.2, 0) is 13.0 Å². The Hall–Kier alpha value is -1.60. The molecule has 2 aromatic rings. The highest BCUT2D eigenvalue weighted by molar-refractivity contribution is 5.31. The summed E-state index contributed by atoms with van der Waals surface area (Å²) >= 11 is 0. The van der Waals surface area contributed by atoms with Crippen LogP contribution in [0.25, 0.3) is 0 Å². The first-order chi connectivity index (χ1) is 10.4. The van der Waals surface area contributed by atoms with E-state index < -0.39 is 0 Å². The van der Waals surface area contributed by atoms with Gasteiger partial charge in [0.1, 0.15) is 0 Å². The van der Waals surface area contributed by atoms with Gasteiger partial charge < -0.3 is 0 Å². The summed E-state index contributed by atoms with van der Waals surface area (Å²) in [6, 6.07) is 19.9. The topological polar surface area (TPSA) is 3.24 Å². The van der Waals surface area contributed by atoms with E-state index in [2.05, 4.69) is 66.4 Å². The third-order valence-corrected chi connectivity index (χ3v) is 4.54. The second-order valence-corrected chi connectivity index (χ2v) is 6.16. The Bertz CT molecular complexity index is 561. The molecule has 1 saturated heterocycles. The van der Waals surface area contributed by atoms with Gasteiger partial charge in [-0.2, -0.15) is 0 Å². The molecule has 1 aliphatic heterocycles. The van der Waals surface area contributed by atoms with E-state index >= 15 is 0 Å². The lowest BCUT2D eigenvalue weighted by atomic mass is 9.91. The number of hydrogen-bond donors (Lipinski definition) is 0. The number of rotatable bonds is 5. The van der Waals surface area contributed by atoms with Crippen molar-refractivity contribution >= 4 is 0 Å². The van der Waals surface area contributed by atoms with Gasteiger partial charge >= 0.3 is 0 Å². The summed E-state index contributed by atoms with van der Waals surface area (Å²) < 4.78 is 0. The lowest BCUT2D eigenvalue weighted by molar-refractivity contribution is 0.327. The molecule has 1 unspecified atom stereocenters. The molecule has 0 saturated carbocycles. The normalized spacial score (nSPS) is 19.0. The first-order valence-corrected chi connectivity index (χ1v) is 8.21. The van der Waals surface area contributed by atoms with E-state index in [-0.39, 0.29) is 0 Å². The number of nitrogens with zero attached hydrogens (tertiary/aromatic N) is 1. The van der Waals surface area contributed by atoms with Crippen LogP contribution in [0.15, 0.2) is 54.6 Å². The molecule has 2 aromatic carbocycles. The van der Waals surface area contributed by atoms with Crippen LogP contribution in [0.1, 0.15) is 42.4 Å². The maximum absolute atomic E-state index is 2.60. The van der Waals surface area contributed by atoms with Crippen LogP contribution >= 0.6 is 0 Å². The number of likely N-dealkylation sites (tertiary alicyclic amines) is 1. The predicted octanol–water partition coefficient (Wildman–Crippen LogP) is 4.63. The zero-order chi connectivity index (χ0) is 14.5. The molecule has 0 aliphatic carbocycles. The van der Waals surface area contributed by atoms with Gasteiger partial charge in [0.2, 0.25) is 0 Å². The molecule has 0 radical (unpaired) electrons. The molecule has 0 spiro atoms. The van der Waals surface area contributed by atoms with Gasteiger partial charge in [-0.3, -0.25) is 4.90 Å². The minimum Gasteiger partial charge on any atom is -0.298 e. The fourth-order valence-electron chi connectivity index (χ4n) is 3.50. The molecule has 1 heteroatoms. The molecular formula is C20H25N. The zero-order valence-corrected chi connectivity index (χ0v) is 13.0. The number of benzene rings is 2. The monoisotopic (exact) mass is 279 g/mol. The van der Waals surface area contributed by atoms with Crippen molar-refractivity contribution in [2.24, 2.45) is 0 Å². The largest absolute Gasteiger partial charge is 0.298 e. The third kappa shape index (κ3) is 3.54. The lowest BCUT2D eigenvalue weighted by Gasteiger charge is -2.18. The maximum Gasteiger partial charge on any atom is 0.0233 e. The molecule has 21 heavy (non-hydrogen) atoms. The molecule has 0 aromatic heterocycles. The summed E-state index contributed by atoms with van der Waals surface area (Å²) in [5.74, 6) is 0.719. The van der Waals surface area contributed by atoms with Crippen LogP contribution in [0.5, 0.6) is 0 Å². The van der Waals surface area contributed by atoms with Crippen molar-refractivity contribution in [3.8, 4) is 0 Å². The Balaban J connectivity index is 1.67. The summed E-state index contributed by atoms with van der Waals surface area (Å²) in [6.45, 7) is 5.79. The highest BCUT2D eigenvalue weighted by Gasteiger charge is 2.25. The summed E-state index contributed by atoms with van der Waals surface area (Å²) in [6.07, 6.45) is 3.75. The van der Waals surface area contributed by atoms with Crippen molar-refractivity contribution in [2.75, 3.05) is 13.1 Å². The molecule has 0 amide bonds. The fourth-order valence-corrected chi connectivity index (χ4v) is 3.50. The second-order valence-electron chi connectivity index (χ2n) is 6.16. The molecule has 1 heterocycles. The SMILES string of the molecule is CCCc1ccccc1C1CCN(Cc2ccccc2)C1. The van der Waals surface area contributed by atoms with E-state index in [0.29, 0.717) is 0 Å². The number of hydrogen-bond acceptors (Lipinski definition) is 1. The van der Waals surface area contributed by atoms with Crippen molar-refractivity contribution in [3.63, 3.8) is 0 Å². The average molecular weight is 279 g/mol. The van der Waals surface area contributed by atoms with Crippen molar-refractivity contribution < 1.29 is 0 Å². The van der Waals surface area contributed by atoms with Gasteiger partial charge in [0.05, 0.1) is 0 Å². The van der Waals surface area contributed by atoms with Crippen molar-refractivity contribution in [1.82, 2.24) is 4.90 Å². The van der Waals surface area contributed by atoms with E-state index in [1.165, 1.54) is 37.9 Å². The quantitative estimate of drug-likeness (QED) is 0.771. The van der Waals surface area contributed by atoms with Crippen LogP contribution in [0.3, 0.4) is 0 Å². The molecule has 1 fully saturated rings. The molecular weight excluding hydrogens is 254 g/mol. The van der Waals surface area contributed by atoms with E-state index in [1.54, 1.807) is 11.1 Å². The predicted molar refractivity (Wildman–Crippen MR) is 89.5 cm³/mol. The van der Waals surface area contributed by atoms with Crippen LogP contribution in [0.2, 0.25) is 0 Å². The zero-order valence-electron chi connectivity index (χ0n) is 13.0. The molecule has 110 valence electrons. The molecule has 3 rings (SSSR count). The standard InChI is InChI=1S/C20H25N/c1-2-8-18-11-6-7-12-20(18)19-13-14-21(16-19)15-17-9-4-3-5-10-17/h3-7,9-12,19H,2,8,13-16H2,1H3. The van der Waals surface area contributed by atoms with Crippen LogP contribution in [0, 0.1) is 0 Å². The smallest absolute Gasteiger partial charge is 0.0233 e. The molecule has 0 bridgehead atoms. The van der Waals surface area contributed by atoms with Gasteiger partial charge in [0, 0.05) is 13.1 Å². The molecule has 1 aliphatic rings. The van der Waals surface area contributed by atoms with Crippen LogP contribution in [-0.4, -0.2) is 18.0 Å². The maximum atomic E-state index is 2.60. The minimum absolute atomic E-state index is 0.719. The highest BCUT2D eigenvalue weighted by Crippen LogP contribution is 2.30. The van der Waals surface area contributed by atoms with Gasteiger partial charge in [-0.1, -0.05) is 67.9 Å². The Kier molecular flexibility index (Phi) is 4.72. The Labute approximate surface area is 128 Å². The van der Waals surface area contributed by atoms with Crippen molar-refractivity contribution in [1.29, 1.82) is 0 Å². The summed E-state index contributed by atoms with van der Waals surface area (Å²) in [7, 11) is 0. The van der Waals surface area contributed by atoms with Gasteiger partial charge in [-0.15, -0.1) is 0 Å². The summed E-state index contributed by atoms with van der Waals surface area (Å²) in [5, 5.41) is 0. The lowest BCUT2D eigenvalue weighted by Crippen LogP contribution is -2.19. The average Bonchev–Trinajstić information content (AvgIpc) is 2.97. The third-order valence-electron chi connectivity index (χ3n) is 4.54. The first kappa shape index (κ1) is 14.3. The summed E-state index contributed by atoms with van der Waals surface area (Å²) in [4.78, 5) is 2.60. The van der Waals surface area contributed by atoms with Crippen molar-refractivity contribution in [2.45, 2.75) is 38.6 Å². The van der Waals surface area contributed by atoms with E-state index in [9.17, 15) is 0 Å². The van der Waals surface area contributed by atoms with E-state index in [0.717, 1.165) is 12.5 Å². The second kappa shape index (κ2) is 6.91. The van der Waals surface area contributed by atoms with Gasteiger partial charge in [0.15, 0.2) is 0 Å². The minimum atomic E-state index is 0.719. The first-order valence-electron chi connectivity index (χ1n) is 8.21. The molecule has 0 N–H and O–H groups in total. The van der Waals surface area contributed by atoms with Gasteiger partial charge in [0.25, 0.3) is 0 Å². The van der Waals surface area contributed by atoms with Crippen LogP contribution in [0.4, 0.5) is 0 Å². The Morgan fingerprint density at radius 2 is 1.76 bits per heavy atom.